The van der Waals surface area contributed by atoms with Gasteiger partial charge in [-0.25, -0.2) is 13.2 Å². The zero-order valence-corrected chi connectivity index (χ0v) is 15.5. The van der Waals surface area contributed by atoms with Crippen LogP contribution in [0, 0.1) is 0 Å². The molecule has 0 aliphatic carbocycles. The Morgan fingerprint density at radius 3 is 2.07 bits per heavy atom. The van der Waals surface area contributed by atoms with Gasteiger partial charge in [-0.05, 0) is 31.2 Å². The van der Waals surface area contributed by atoms with Gasteiger partial charge in [-0.3, -0.25) is 4.79 Å². The summed E-state index contributed by atoms with van der Waals surface area (Å²) in [6, 6.07) is 14.8. The van der Waals surface area contributed by atoms with Gasteiger partial charge >= 0.3 is 5.97 Å². The minimum atomic E-state index is -4.48. The average molecular weight is 391 g/mol. The van der Waals surface area contributed by atoms with E-state index < -0.39 is 32.4 Å². The maximum absolute atomic E-state index is 14.6. The van der Waals surface area contributed by atoms with Crippen LogP contribution in [0.25, 0.3) is 0 Å². The lowest BCUT2D eigenvalue weighted by Gasteiger charge is -2.24. The lowest BCUT2D eigenvalue weighted by molar-refractivity contribution is -0.145. The highest BCUT2D eigenvalue weighted by atomic mass is 32.2. The summed E-state index contributed by atoms with van der Waals surface area (Å²) in [6.45, 7) is 1.15. The first kappa shape index (κ1) is 20.3. The predicted octanol–water partition coefficient (Wildman–Crippen LogP) is 2.63. The highest BCUT2D eigenvalue weighted by Gasteiger charge is 2.37. The van der Waals surface area contributed by atoms with Crippen LogP contribution in [0.5, 0.6) is 0 Å². The minimum Gasteiger partial charge on any atom is -0.467 e. The second-order valence-electron chi connectivity index (χ2n) is 5.78. The van der Waals surface area contributed by atoms with E-state index in [1.165, 1.54) is 36.4 Å². The van der Waals surface area contributed by atoms with Crippen molar-refractivity contribution >= 4 is 21.7 Å². The largest absolute Gasteiger partial charge is 0.467 e. The summed E-state index contributed by atoms with van der Waals surface area (Å²) in [7, 11) is -3.43. The standard InChI is InChI=1S/C19H18FNO5S/c1-19(18(23)26-2,21-17(22)14-9-5-3-6-10-14)13-16(20)27(24,25)15-11-7-4-8-12-15/h3-13H,1-2H3,(H,21,22)/b16-13+/t19-/m1/s1. The highest BCUT2D eigenvalue weighted by Crippen LogP contribution is 2.23. The van der Waals surface area contributed by atoms with Gasteiger partial charge in [0.1, 0.15) is 0 Å². The third-order valence-electron chi connectivity index (χ3n) is 3.73. The number of carbonyl (C=O) groups is 2. The van der Waals surface area contributed by atoms with E-state index in [0.717, 1.165) is 14.0 Å². The van der Waals surface area contributed by atoms with Gasteiger partial charge in [0.15, 0.2) is 5.54 Å². The van der Waals surface area contributed by atoms with E-state index in [2.05, 4.69) is 10.1 Å². The van der Waals surface area contributed by atoms with E-state index in [1.54, 1.807) is 24.3 Å². The number of carbonyl (C=O) groups excluding carboxylic acids is 2. The van der Waals surface area contributed by atoms with Gasteiger partial charge in [-0.1, -0.05) is 36.4 Å². The van der Waals surface area contributed by atoms with Crippen LogP contribution in [-0.4, -0.2) is 32.9 Å². The molecular formula is C19H18FNO5S. The van der Waals surface area contributed by atoms with E-state index in [4.69, 9.17) is 0 Å². The van der Waals surface area contributed by atoms with E-state index in [0.29, 0.717) is 6.08 Å². The van der Waals surface area contributed by atoms with E-state index in [1.807, 2.05) is 0 Å². The molecule has 0 aliphatic rings. The molecule has 6 nitrogen and oxygen atoms in total. The Morgan fingerprint density at radius 2 is 1.56 bits per heavy atom. The Kier molecular flexibility index (Phi) is 6.12. The highest BCUT2D eigenvalue weighted by molar-refractivity contribution is 7.95. The van der Waals surface area contributed by atoms with E-state index in [9.17, 15) is 22.4 Å². The Balaban J connectivity index is 2.42. The summed E-state index contributed by atoms with van der Waals surface area (Å²) in [4.78, 5) is 24.2. The van der Waals surface area contributed by atoms with E-state index >= 15 is 0 Å². The van der Waals surface area contributed by atoms with Crippen LogP contribution in [0.1, 0.15) is 17.3 Å². The van der Waals surface area contributed by atoms with Crippen LogP contribution >= 0.6 is 0 Å². The topological polar surface area (TPSA) is 89.5 Å². The summed E-state index contributed by atoms with van der Waals surface area (Å²) in [5.74, 6) is -1.71. The summed E-state index contributed by atoms with van der Waals surface area (Å²) >= 11 is 0. The van der Waals surface area contributed by atoms with Gasteiger partial charge in [0.05, 0.1) is 12.0 Å². The first-order chi connectivity index (χ1) is 12.7. The predicted molar refractivity (Wildman–Crippen MR) is 97.1 cm³/mol. The smallest absolute Gasteiger partial charge is 0.335 e. The van der Waals surface area contributed by atoms with Crippen molar-refractivity contribution in [1.82, 2.24) is 5.32 Å². The van der Waals surface area contributed by atoms with Gasteiger partial charge < -0.3 is 10.1 Å². The van der Waals surface area contributed by atoms with Crippen molar-refractivity contribution < 1.29 is 27.1 Å². The van der Waals surface area contributed by atoms with Crippen LogP contribution in [0.2, 0.25) is 0 Å². The molecule has 0 aromatic heterocycles. The van der Waals surface area contributed by atoms with Crippen molar-refractivity contribution in [2.45, 2.75) is 17.4 Å². The molecule has 0 bridgehead atoms. The van der Waals surface area contributed by atoms with Crippen LogP contribution in [0.3, 0.4) is 0 Å². The quantitative estimate of drug-likeness (QED) is 0.765. The molecule has 1 N–H and O–H groups in total. The van der Waals surface area contributed by atoms with Crippen LogP contribution in [0.4, 0.5) is 4.39 Å². The molecule has 2 aromatic rings. The maximum atomic E-state index is 14.6. The number of nitrogens with one attached hydrogen (secondary N) is 1. The van der Waals surface area contributed by atoms with Crippen LogP contribution in [0.15, 0.2) is 76.8 Å². The molecule has 1 amide bonds. The SMILES string of the molecule is COC(=O)[C@@](C)(/C=C(\F)S(=O)(=O)c1ccccc1)NC(=O)c1ccccc1. The minimum absolute atomic E-state index is 0.215. The van der Waals surface area contributed by atoms with Gasteiger partial charge in [0.25, 0.3) is 5.91 Å². The molecule has 0 saturated carbocycles. The molecule has 2 rings (SSSR count). The zero-order chi connectivity index (χ0) is 20.1. The lowest BCUT2D eigenvalue weighted by atomic mass is 10.0. The fraction of sp³-hybridized carbons (Fsp3) is 0.158. The lowest BCUT2D eigenvalue weighted by Crippen LogP contribution is -2.51. The van der Waals surface area contributed by atoms with Crippen molar-refractivity contribution in [3.05, 3.63) is 77.5 Å². The van der Waals surface area contributed by atoms with Crippen LogP contribution < -0.4 is 5.32 Å². The molecule has 0 heterocycles. The molecule has 0 saturated heterocycles. The molecule has 1 atom stereocenters. The molecular weight excluding hydrogens is 373 g/mol. The molecule has 2 aromatic carbocycles. The molecule has 27 heavy (non-hydrogen) atoms. The Bertz CT molecular complexity index is 958. The van der Waals surface area contributed by atoms with Crippen molar-refractivity contribution in [3.8, 4) is 0 Å². The summed E-state index contributed by atoms with van der Waals surface area (Å²) in [5.41, 5.74) is -1.82. The van der Waals surface area contributed by atoms with E-state index in [-0.39, 0.29) is 10.5 Å². The number of hydrogen-bond acceptors (Lipinski definition) is 5. The Labute approximate surface area is 156 Å². The fourth-order valence-electron chi connectivity index (χ4n) is 2.27. The number of benzene rings is 2. The zero-order valence-electron chi connectivity index (χ0n) is 14.7. The van der Waals surface area contributed by atoms with Crippen LogP contribution in [-0.2, 0) is 19.4 Å². The fourth-order valence-corrected chi connectivity index (χ4v) is 3.40. The Morgan fingerprint density at radius 1 is 1.04 bits per heavy atom. The number of sulfone groups is 1. The first-order valence-corrected chi connectivity index (χ1v) is 9.33. The summed E-state index contributed by atoms with van der Waals surface area (Å²) < 4.78 is 44.0. The molecule has 0 radical (unpaired) electrons. The maximum Gasteiger partial charge on any atom is 0.335 e. The summed E-state index contributed by atoms with van der Waals surface area (Å²) in [5, 5.41) is 0.746. The number of ether oxygens (including phenoxy) is 1. The molecule has 142 valence electrons. The average Bonchev–Trinajstić information content (AvgIpc) is 2.68. The summed E-state index contributed by atoms with van der Waals surface area (Å²) in [6.07, 6.45) is 0.530. The molecule has 0 fully saturated rings. The number of hydrogen-bond donors (Lipinski definition) is 1. The molecule has 0 aliphatic heterocycles. The normalized spacial score (nSPS) is 14.1. The molecule has 0 spiro atoms. The van der Waals surface area contributed by atoms with Gasteiger partial charge in [0, 0.05) is 11.6 Å². The van der Waals surface area contributed by atoms with Gasteiger partial charge in [-0.15, -0.1) is 0 Å². The molecule has 0 unspecified atom stereocenters. The number of halogens is 1. The number of methoxy groups -OCH3 is 1. The van der Waals surface area contributed by atoms with Crippen molar-refractivity contribution in [2.24, 2.45) is 0 Å². The van der Waals surface area contributed by atoms with Crippen molar-refractivity contribution in [1.29, 1.82) is 0 Å². The number of rotatable bonds is 6. The van der Waals surface area contributed by atoms with Crippen molar-refractivity contribution in [3.63, 3.8) is 0 Å². The molecule has 8 heteroatoms. The Hall–Kier alpha value is -3.00. The number of esters is 1. The second-order valence-corrected chi connectivity index (χ2v) is 7.65. The van der Waals surface area contributed by atoms with Gasteiger partial charge in [-0.2, -0.15) is 4.39 Å². The second kappa shape index (κ2) is 8.13. The third kappa shape index (κ3) is 4.59. The third-order valence-corrected chi connectivity index (χ3v) is 5.26. The number of amides is 1. The first-order valence-electron chi connectivity index (χ1n) is 7.85. The van der Waals surface area contributed by atoms with Crippen molar-refractivity contribution in [2.75, 3.05) is 7.11 Å². The monoisotopic (exact) mass is 391 g/mol. The van der Waals surface area contributed by atoms with Gasteiger partial charge in [0.2, 0.25) is 15.0 Å².